The molecular formula is C9H14N2O6S. The van der Waals surface area contributed by atoms with Gasteiger partial charge in [0.15, 0.2) is 11.5 Å². The van der Waals surface area contributed by atoms with Crippen LogP contribution in [-0.4, -0.2) is 36.8 Å². The van der Waals surface area contributed by atoms with Crippen molar-refractivity contribution in [2.75, 3.05) is 13.7 Å². The van der Waals surface area contributed by atoms with Crippen molar-refractivity contribution in [3.05, 3.63) is 17.7 Å². The highest BCUT2D eigenvalue weighted by molar-refractivity contribution is 7.86. The number of methoxy groups -OCH3 is 1. The molecule has 0 aromatic heterocycles. The molecule has 1 atom stereocenters. The molecule has 8 nitrogen and oxygen atoms in total. The molecule has 1 aromatic carbocycles. The second kappa shape index (κ2) is 5.50. The van der Waals surface area contributed by atoms with Crippen LogP contribution in [0.5, 0.6) is 11.5 Å². The summed E-state index contributed by atoms with van der Waals surface area (Å²) in [6.45, 7) is 0.0449. The lowest BCUT2D eigenvalue weighted by Gasteiger charge is -2.18. The number of phenols is 2. The molecule has 0 fully saturated rings. The van der Waals surface area contributed by atoms with Gasteiger partial charge in [0.25, 0.3) is 10.1 Å². The number of hydrogen-bond donors (Lipinski definition) is 5. The van der Waals surface area contributed by atoms with Gasteiger partial charge in [-0.1, -0.05) is 6.07 Å². The maximum atomic E-state index is 11.2. The molecule has 0 unspecified atom stereocenters. The van der Waals surface area contributed by atoms with E-state index in [4.69, 9.17) is 15.1 Å². The van der Waals surface area contributed by atoms with Crippen LogP contribution < -0.4 is 11.3 Å². The second-order valence-electron chi connectivity index (χ2n) is 3.46. The van der Waals surface area contributed by atoms with Crippen LogP contribution >= 0.6 is 0 Å². The Bertz CT molecular complexity index is 530. The Hall–Kier alpha value is -1.39. The Morgan fingerprint density at radius 2 is 2.06 bits per heavy atom. The predicted molar refractivity (Wildman–Crippen MR) is 61.5 cm³/mol. The number of nitrogens with two attached hydrogens (primary N) is 1. The highest BCUT2D eigenvalue weighted by Crippen LogP contribution is 2.37. The Morgan fingerprint density at radius 1 is 1.44 bits per heavy atom. The van der Waals surface area contributed by atoms with Crippen molar-refractivity contribution < 1.29 is 27.9 Å². The fourth-order valence-electron chi connectivity index (χ4n) is 1.53. The van der Waals surface area contributed by atoms with Crippen LogP contribution in [0.1, 0.15) is 11.7 Å². The van der Waals surface area contributed by atoms with E-state index in [9.17, 15) is 18.6 Å². The molecule has 0 aliphatic heterocycles. The molecule has 0 bridgehead atoms. The summed E-state index contributed by atoms with van der Waals surface area (Å²) in [5, 5.41) is 18.8. The smallest absolute Gasteiger partial charge is 0.298 e. The molecule has 18 heavy (non-hydrogen) atoms. The lowest BCUT2D eigenvalue weighted by Crippen LogP contribution is -2.29. The van der Waals surface area contributed by atoms with Gasteiger partial charge in [0, 0.05) is 19.2 Å². The predicted octanol–water partition coefficient (Wildman–Crippen LogP) is -0.505. The summed E-state index contributed by atoms with van der Waals surface area (Å²) in [5.41, 5.74) is 2.26. The Kier molecular flexibility index (Phi) is 4.48. The maximum Gasteiger partial charge on any atom is 0.298 e. The molecule has 0 amide bonds. The molecule has 0 aliphatic rings. The number of hydrogen-bond acceptors (Lipinski definition) is 7. The SMILES string of the molecule is CO[C@@H](CNN)c1ccc(O)c(O)c1S(=O)(=O)O. The quantitative estimate of drug-likeness (QED) is 0.210. The maximum absolute atomic E-state index is 11.2. The van der Waals surface area contributed by atoms with E-state index in [1.54, 1.807) is 0 Å². The molecule has 0 saturated heterocycles. The highest BCUT2D eigenvalue weighted by Gasteiger charge is 2.27. The van der Waals surface area contributed by atoms with Gasteiger partial charge in [0.2, 0.25) is 0 Å². The third kappa shape index (κ3) is 2.89. The summed E-state index contributed by atoms with van der Waals surface area (Å²) < 4.78 is 36.5. The molecule has 9 heteroatoms. The van der Waals surface area contributed by atoms with Crippen LogP contribution in [0, 0.1) is 0 Å². The van der Waals surface area contributed by atoms with Crippen LogP contribution in [-0.2, 0) is 14.9 Å². The molecule has 0 heterocycles. The van der Waals surface area contributed by atoms with Crippen molar-refractivity contribution in [3.8, 4) is 11.5 Å². The average Bonchev–Trinajstić information content (AvgIpc) is 2.28. The van der Waals surface area contributed by atoms with E-state index in [1.807, 2.05) is 0 Å². The van der Waals surface area contributed by atoms with Crippen molar-refractivity contribution >= 4 is 10.1 Å². The minimum Gasteiger partial charge on any atom is -0.504 e. The standard InChI is InChI=1S/C9H14N2O6S/c1-17-7(4-11-10)5-2-3-6(12)8(13)9(5)18(14,15)16/h2-3,7,11-13H,4,10H2,1H3,(H,14,15,16)/t7-/m0/s1. The van der Waals surface area contributed by atoms with E-state index < -0.39 is 32.6 Å². The van der Waals surface area contributed by atoms with E-state index in [2.05, 4.69) is 5.43 Å². The first-order valence-corrected chi connectivity index (χ1v) is 6.25. The molecule has 0 radical (unpaired) electrons. The summed E-state index contributed by atoms with van der Waals surface area (Å²) >= 11 is 0. The first kappa shape index (κ1) is 14.7. The molecule has 102 valence electrons. The summed E-state index contributed by atoms with van der Waals surface area (Å²) in [5.74, 6) is 3.51. The highest BCUT2D eigenvalue weighted by atomic mass is 32.2. The first-order chi connectivity index (χ1) is 8.32. The van der Waals surface area contributed by atoms with Gasteiger partial charge in [-0.05, 0) is 6.07 Å². The van der Waals surface area contributed by atoms with Crippen molar-refractivity contribution in [2.24, 2.45) is 5.84 Å². The molecular weight excluding hydrogens is 264 g/mol. The fourth-order valence-corrected chi connectivity index (χ4v) is 2.37. The Labute approximate surface area is 104 Å². The van der Waals surface area contributed by atoms with E-state index in [-0.39, 0.29) is 12.1 Å². The van der Waals surface area contributed by atoms with E-state index in [0.29, 0.717) is 0 Å². The Morgan fingerprint density at radius 3 is 2.50 bits per heavy atom. The summed E-state index contributed by atoms with van der Waals surface area (Å²) in [6.07, 6.45) is -0.821. The van der Waals surface area contributed by atoms with Crippen LogP contribution in [0.4, 0.5) is 0 Å². The van der Waals surface area contributed by atoms with E-state index >= 15 is 0 Å². The van der Waals surface area contributed by atoms with Gasteiger partial charge in [0.1, 0.15) is 4.90 Å². The Balaban J connectivity index is 3.49. The third-order valence-electron chi connectivity index (χ3n) is 2.33. The minimum absolute atomic E-state index is 0.0201. The molecule has 0 aliphatic carbocycles. The number of rotatable bonds is 5. The van der Waals surface area contributed by atoms with Gasteiger partial charge >= 0.3 is 0 Å². The van der Waals surface area contributed by atoms with Crippen molar-refractivity contribution in [2.45, 2.75) is 11.0 Å². The number of ether oxygens (including phenoxy) is 1. The lowest BCUT2D eigenvalue weighted by molar-refractivity contribution is 0.0995. The van der Waals surface area contributed by atoms with Gasteiger partial charge in [-0.25, -0.2) is 0 Å². The topological polar surface area (TPSA) is 142 Å². The zero-order valence-corrected chi connectivity index (χ0v) is 10.3. The largest absolute Gasteiger partial charge is 0.504 e. The first-order valence-electron chi connectivity index (χ1n) is 4.81. The summed E-state index contributed by atoms with van der Waals surface area (Å²) in [7, 11) is -3.41. The average molecular weight is 278 g/mol. The molecule has 0 spiro atoms. The second-order valence-corrected chi connectivity index (χ2v) is 4.82. The molecule has 0 saturated carbocycles. The fraction of sp³-hybridized carbons (Fsp3) is 0.333. The normalized spacial score (nSPS) is 13.5. The molecule has 6 N–H and O–H groups in total. The van der Waals surface area contributed by atoms with Crippen LogP contribution in [0.3, 0.4) is 0 Å². The molecule has 1 aromatic rings. The van der Waals surface area contributed by atoms with Crippen LogP contribution in [0.15, 0.2) is 17.0 Å². The third-order valence-corrected chi connectivity index (χ3v) is 3.28. The van der Waals surface area contributed by atoms with Gasteiger partial charge in [-0.15, -0.1) is 0 Å². The van der Waals surface area contributed by atoms with Gasteiger partial charge in [-0.3, -0.25) is 15.8 Å². The van der Waals surface area contributed by atoms with E-state index in [1.165, 1.54) is 13.2 Å². The number of nitrogens with one attached hydrogen (secondary N) is 1. The van der Waals surface area contributed by atoms with Gasteiger partial charge in [0.05, 0.1) is 6.10 Å². The van der Waals surface area contributed by atoms with Gasteiger partial charge < -0.3 is 14.9 Å². The zero-order chi connectivity index (χ0) is 13.9. The van der Waals surface area contributed by atoms with Crippen molar-refractivity contribution in [1.29, 1.82) is 0 Å². The van der Waals surface area contributed by atoms with Crippen LogP contribution in [0.2, 0.25) is 0 Å². The molecule has 1 rings (SSSR count). The summed E-state index contributed by atoms with van der Waals surface area (Å²) in [4.78, 5) is -0.801. The summed E-state index contributed by atoms with van der Waals surface area (Å²) in [6, 6.07) is 2.30. The minimum atomic E-state index is -4.72. The zero-order valence-electron chi connectivity index (χ0n) is 9.49. The number of aromatic hydroxyl groups is 2. The van der Waals surface area contributed by atoms with Crippen molar-refractivity contribution in [3.63, 3.8) is 0 Å². The van der Waals surface area contributed by atoms with Crippen LogP contribution in [0.25, 0.3) is 0 Å². The monoisotopic (exact) mass is 278 g/mol. The number of hydrazine groups is 1. The van der Waals surface area contributed by atoms with Gasteiger partial charge in [-0.2, -0.15) is 8.42 Å². The number of benzene rings is 1. The lowest BCUT2D eigenvalue weighted by atomic mass is 10.1. The van der Waals surface area contributed by atoms with E-state index in [0.717, 1.165) is 6.07 Å². The van der Waals surface area contributed by atoms with Crippen molar-refractivity contribution in [1.82, 2.24) is 5.43 Å². The number of phenolic OH excluding ortho intramolecular Hbond substituents is 2.